The molecule has 0 aliphatic heterocycles. The second-order valence-electron chi connectivity index (χ2n) is 5.89. The van der Waals surface area contributed by atoms with E-state index in [9.17, 15) is 9.59 Å². The van der Waals surface area contributed by atoms with Crippen molar-refractivity contribution in [1.82, 2.24) is 5.43 Å². The third kappa shape index (κ3) is 6.05. The predicted molar refractivity (Wildman–Crippen MR) is 99.4 cm³/mol. The summed E-state index contributed by atoms with van der Waals surface area (Å²) in [7, 11) is 0. The molecule has 0 saturated heterocycles. The average molecular weight is 354 g/mol. The predicted octanol–water partition coefficient (Wildman–Crippen LogP) is 3.07. The van der Waals surface area contributed by atoms with Crippen molar-refractivity contribution in [1.29, 1.82) is 0 Å². The fraction of sp³-hybridized carbons (Fsp3) is 0.250. The van der Waals surface area contributed by atoms with E-state index in [1.165, 1.54) is 0 Å². The van der Waals surface area contributed by atoms with Gasteiger partial charge in [0.15, 0.2) is 6.61 Å². The number of aliphatic carboxylic acids is 1. The van der Waals surface area contributed by atoms with Crippen molar-refractivity contribution in [2.24, 2.45) is 5.10 Å². The highest BCUT2D eigenvalue weighted by Gasteiger charge is 2.08. The van der Waals surface area contributed by atoms with Crippen molar-refractivity contribution in [3.8, 4) is 5.75 Å². The molecule has 2 aromatic rings. The van der Waals surface area contributed by atoms with Gasteiger partial charge in [0.05, 0.1) is 12.1 Å². The molecule has 0 unspecified atom stereocenters. The molecule has 0 aliphatic carbocycles. The Labute approximate surface area is 152 Å². The molecule has 0 heterocycles. The number of hydrogen-bond acceptors (Lipinski definition) is 4. The van der Waals surface area contributed by atoms with Gasteiger partial charge in [0.1, 0.15) is 5.75 Å². The number of rotatable bonds is 8. The lowest BCUT2D eigenvalue weighted by molar-refractivity contribution is -0.136. The van der Waals surface area contributed by atoms with Crippen LogP contribution in [-0.2, 0) is 9.59 Å². The SMILES string of the molecule is Cc1ccc(OCC(=O)NN=C(CCC(=O)O)c2ccccc2)cc1C. The number of carboxylic acid groups (broad SMARTS) is 1. The molecule has 0 radical (unpaired) electrons. The van der Waals surface area contributed by atoms with E-state index in [4.69, 9.17) is 9.84 Å². The van der Waals surface area contributed by atoms with Gasteiger partial charge in [-0.2, -0.15) is 5.10 Å². The molecule has 2 aromatic carbocycles. The fourth-order valence-electron chi connectivity index (χ4n) is 2.24. The molecule has 0 aliphatic rings. The molecule has 0 aromatic heterocycles. The monoisotopic (exact) mass is 354 g/mol. The zero-order valence-corrected chi connectivity index (χ0v) is 14.9. The van der Waals surface area contributed by atoms with E-state index in [1.54, 1.807) is 6.07 Å². The van der Waals surface area contributed by atoms with Gasteiger partial charge >= 0.3 is 5.97 Å². The molecule has 26 heavy (non-hydrogen) atoms. The molecule has 1 amide bonds. The van der Waals surface area contributed by atoms with Crippen LogP contribution in [0.5, 0.6) is 5.75 Å². The van der Waals surface area contributed by atoms with E-state index in [0.717, 1.165) is 16.7 Å². The Morgan fingerprint density at radius 3 is 2.42 bits per heavy atom. The third-order valence-electron chi connectivity index (χ3n) is 3.85. The minimum absolute atomic E-state index is 0.0667. The number of nitrogens with one attached hydrogen (secondary N) is 1. The molecule has 6 nitrogen and oxygen atoms in total. The number of benzene rings is 2. The van der Waals surface area contributed by atoms with E-state index in [-0.39, 0.29) is 19.4 Å². The van der Waals surface area contributed by atoms with Crippen LogP contribution in [0.3, 0.4) is 0 Å². The zero-order valence-electron chi connectivity index (χ0n) is 14.9. The molecule has 2 N–H and O–H groups in total. The van der Waals surface area contributed by atoms with E-state index in [2.05, 4.69) is 10.5 Å². The number of hydrazone groups is 1. The lowest BCUT2D eigenvalue weighted by Crippen LogP contribution is -2.26. The standard InChI is InChI=1S/C20H22N2O4/c1-14-8-9-17(12-15(14)2)26-13-19(23)22-21-18(10-11-20(24)25)16-6-4-3-5-7-16/h3-9,12H,10-11,13H2,1-2H3,(H,22,23)(H,24,25). The largest absolute Gasteiger partial charge is 0.484 e. The molecule has 2 rings (SSSR count). The van der Waals surface area contributed by atoms with Gasteiger partial charge in [0, 0.05) is 6.42 Å². The molecule has 0 atom stereocenters. The number of carbonyl (C=O) groups is 2. The molecular weight excluding hydrogens is 332 g/mol. The summed E-state index contributed by atoms with van der Waals surface area (Å²) in [4.78, 5) is 22.8. The first-order valence-electron chi connectivity index (χ1n) is 8.28. The Kier molecular flexibility index (Phi) is 6.91. The van der Waals surface area contributed by atoms with Gasteiger partial charge in [-0.25, -0.2) is 5.43 Å². The highest BCUT2D eigenvalue weighted by atomic mass is 16.5. The highest BCUT2D eigenvalue weighted by Crippen LogP contribution is 2.16. The third-order valence-corrected chi connectivity index (χ3v) is 3.85. The van der Waals surface area contributed by atoms with Crippen LogP contribution in [0, 0.1) is 13.8 Å². The maximum atomic E-state index is 12.0. The summed E-state index contributed by atoms with van der Waals surface area (Å²) >= 11 is 0. The number of hydrogen-bond donors (Lipinski definition) is 2. The average Bonchev–Trinajstić information content (AvgIpc) is 2.63. The van der Waals surface area contributed by atoms with Crippen molar-refractivity contribution in [2.45, 2.75) is 26.7 Å². The minimum atomic E-state index is -0.918. The summed E-state index contributed by atoms with van der Waals surface area (Å²) in [5.41, 5.74) is 5.94. The normalized spacial score (nSPS) is 11.1. The first-order valence-corrected chi connectivity index (χ1v) is 8.28. The molecule has 0 spiro atoms. The van der Waals surface area contributed by atoms with Crippen molar-refractivity contribution in [3.05, 3.63) is 65.2 Å². The van der Waals surface area contributed by atoms with Crippen LogP contribution >= 0.6 is 0 Å². The van der Waals surface area contributed by atoms with Crippen LogP contribution in [0.2, 0.25) is 0 Å². The summed E-state index contributed by atoms with van der Waals surface area (Å²) in [5.74, 6) is -0.716. The number of nitrogens with zero attached hydrogens (tertiary/aromatic N) is 1. The second kappa shape index (κ2) is 9.36. The number of aryl methyl sites for hydroxylation is 2. The Bertz CT molecular complexity index is 801. The summed E-state index contributed by atoms with van der Waals surface area (Å²) < 4.78 is 5.46. The van der Waals surface area contributed by atoms with Crippen LogP contribution in [0.4, 0.5) is 0 Å². The molecule has 0 bridgehead atoms. The Hall–Kier alpha value is -3.15. The van der Waals surface area contributed by atoms with Gasteiger partial charge < -0.3 is 9.84 Å². The highest BCUT2D eigenvalue weighted by molar-refractivity contribution is 6.02. The van der Waals surface area contributed by atoms with Crippen LogP contribution in [-0.4, -0.2) is 29.3 Å². The first kappa shape index (κ1) is 19.2. The zero-order chi connectivity index (χ0) is 18.9. The molecule has 0 saturated carbocycles. The lowest BCUT2D eigenvalue weighted by Gasteiger charge is -2.09. The fourth-order valence-corrected chi connectivity index (χ4v) is 2.24. The van der Waals surface area contributed by atoms with Gasteiger partial charge in [-0.3, -0.25) is 9.59 Å². The molecular formula is C20H22N2O4. The Morgan fingerprint density at radius 1 is 1.04 bits per heavy atom. The number of carboxylic acids is 1. The van der Waals surface area contributed by atoms with E-state index >= 15 is 0 Å². The Morgan fingerprint density at radius 2 is 1.77 bits per heavy atom. The number of carbonyl (C=O) groups excluding carboxylic acids is 1. The number of ether oxygens (including phenoxy) is 1. The maximum absolute atomic E-state index is 12.0. The topological polar surface area (TPSA) is 88.0 Å². The molecule has 6 heteroatoms. The van der Waals surface area contributed by atoms with Gasteiger partial charge in [-0.15, -0.1) is 0 Å². The Balaban J connectivity index is 1.97. The van der Waals surface area contributed by atoms with Crippen molar-refractivity contribution < 1.29 is 19.4 Å². The van der Waals surface area contributed by atoms with Gasteiger partial charge in [0.25, 0.3) is 5.91 Å². The smallest absolute Gasteiger partial charge is 0.303 e. The van der Waals surface area contributed by atoms with Gasteiger partial charge in [0.2, 0.25) is 0 Å². The van der Waals surface area contributed by atoms with Crippen LogP contribution < -0.4 is 10.2 Å². The van der Waals surface area contributed by atoms with Gasteiger partial charge in [-0.05, 0) is 42.7 Å². The van der Waals surface area contributed by atoms with Gasteiger partial charge in [-0.1, -0.05) is 36.4 Å². The molecule has 136 valence electrons. The summed E-state index contributed by atoms with van der Waals surface area (Å²) in [6, 6.07) is 14.8. The number of amides is 1. The minimum Gasteiger partial charge on any atom is -0.484 e. The summed E-state index contributed by atoms with van der Waals surface area (Å²) in [5, 5.41) is 13.0. The van der Waals surface area contributed by atoms with Crippen molar-refractivity contribution in [2.75, 3.05) is 6.61 Å². The first-order chi connectivity index (χ1) is 12.5. The maximum Gasteiger partial charge on any atom is 0.303 e. The second-order valence-corrected chi connectivity index (χ2v) is 5.89. The van der Waals surface area contributed by atoms with E-state index in [0.29, 0.717) is 11.5 Å². The van der Waals surface area contributed by atoms with E-state index < -0.39 is 11.9 Å². The summed E-state index contributed by atoms with van der Waals surface area (Å²) in [6.07, 6.45) is 0.153. The lowest BCUT2D eigenvalue weighted by atomic mass is 10.1. The van der Waals surface area contributed by atoms with Crippen LogP contribution in [0.1, 0.15) is 29.5 Å². The van der Waals surface area contributed by atoms with Crippen molar-refractivity contribution >= 4 is 17.6 Å². The van der Waals surface area contributed by atoms with Crippen molar-refractivity contribution in [3.63, 3.8) is 0 Å². The van der Waals surface area contributed by atoms with E-state index in [1.807, 2.05) is 56.3 Å². The van der Waals surface area contributed by atoms with Crippen LogP contribution in [0.15, 0.2) is 53.6 Å². The summed E-state index contributed by atoms with van der Waals surface area (Å²) in [6.45, 7) is 3.80. The molecule has 0 fully saturated rings. The van der Waals surface area contributed by atoms with Crippen LogP contribution in [0.25, 0.3) is 0 Å². The quantitative estimate of drug-likeness (QED) is 0.563.